The summed E-state index contributed by atoms with van der Waals surface area (Å²) in [4.78, 5) is 0. The molecule has 0 spiro atoms. The van der Waals surface area contributed by atoms with E-state index in [-0.39, 0.29) is 12.0 Å². The van der Waals surface area contributed by atoms with Gasteiger partial charge in [0.2, 0.25) is 0 Å². The van der Waals surface area contributed by atoms with Crippen LogP contribution in [0.3, 0.4) is 0 Å². The zero-order valence-electron chi connectivity index (χ0n) is 11.4. The Morgan fingerprint density at radius 3 is 2.29 bits per heavy atom. The van der Waals surface area contributed by atoms with E-state index in [1.165, 1.54) is 12.1 Å². The average molecular weight is 291 g/mol. The van der Waals surface area contributed by atoms with Gasteiger partial charge in [-0.25, -0.2) is 0 Å². The smallest absolute Gasteiger partial charge is 0.309 e. The van der Waals surface area contributed by atoms with E-state index < -0.39 is 11.7 Å². The molecule has 1 aliphatic rings. The van der Waals surface area contributed by atoms with E-state index >= 15 is 0 Å². The molecule has 0 radical (unpaired) electrons. The Morgan fingerprint density at radius 1 is 0.905 bits per heavy atom. The molecule has 21 heavy (non-hydrogen) atoms. The molecule has 2 atom stereocenters. The average Bonchev–Trinajstić information content (AvgIpc) is 2.96. The SMILES string of the molecule is FC(F)(F)c1ccccc1C1CCNC1c1ccccc1. The van der Waals surface area contributed by atoms with E-state index in [1.54, 1.807) is 12.1 Å². The molecule has 3 rings (SSSR count). The molecule has 0 saturated carbocycles. The number of nitrogens with one attached hydrogen (secondary N) is 1. The van der Waals surface area contributed by atoms with Crippen molar-refractivity contribution in [2.45, 2.75) is 24.6 Å². The fourth-order valence-electron chi connectivity index (χ4n) is 3.13. The van der Waals surface area contributed by atoms with Crippen LogP contribution in [-0.4, -0.2) is 6.54 Å². The quantitative estimate of drug-likeness (QED) is 0.857. The summed E-state index contributed by atoms with van der Waals surface area (Å²) < 4.78 is 39.6. The Labute approximate surface area is 121 Å². The maximum Gasteiger partial charge on any atom is 0.416 e. The first-order valence-corrected chi connectivity index (χ1v) is 7.02. The first kappa shape index (κ1) is 14.1. The lowest BCUT2D eigenvalue weighted by Crippen LogP contribution is -2.19. The monoisotopic (exact) mass is 291 g/mol. The summed E-state index contributed by atoms with van der Waals surface area (Å²) in [6.07, 6.45) is -3.59. The maximum absolute atomic E-state index is 13.2. The highest BCUT2D eigenvalue weighted by molar-refractivity contribution is 5.37. The summed E-state index contributed by atoms with van der Waals surface area (Å²) in [5, 5.41) is 3.33. The van der Waals surface area contributed by atoms with Gasteiger partial charge in [-0.1, -0.05) is 48.5 Å². The van der Waals surface area contributed by atoms with Crippen molar-refractivity contribution in [3.05, 3.63) is 71.3 Å². The number of alkyl halides is 3. The lowest BCUT2D eigenvalue weighted by Gasteiger charge is -2.23. The summed E-state index contributed by atoms with van der Waals surface area (Å²) in [6.45, 7) is 0.733. The maximum atomic E-state index is 13.2. The van der Waals surface area contributed by atoms with Crippen LogP contribution in [-0.2, 0) is 6.18 Å². The molecule has 0 bridgehead atoms. The number of halogens is 3. The second-order valence-corrected chi connectivity index (χ2v) is 5.32. The molecule has 1 aliphatic heterocycles. The molecule has 0 aliphatic carbocycles. The molecule has 1 saturated heterocycles. The second-order valence-electron chi connectivity index (χ2n) is 5.32. The van der Waals surface area contributed by atoms with Crippen molar-refractivity contribution in [3.63, 3.8) is 0 Å². The van der Waals surface area contributed by atoms with E-state index in [4.69, 9.17) is 0 Å². The summed E-state index contributed by atoms with van der Waals surface area (Å²) in [5.74, 6) is -0.148. The van der Waals surface area contributed by atoms with Crippen molar-refractivity contribution in [1.29, 1.82) is 0 Å². The van der Waals surface area contributed by atoms with Crippen molar-refractivity contribution in [2.24, 2.45) is 0 Å². The van der Waals surface area contributed by atoms with Gasteiger partial charge in [0.25, 0.3) is 0 Å². The molecule has 1 N–H and O–H groups in total. The largest absolute Gasteiger partial charge is 0.416 e. The van der Waals surface area contributed by atoms with E-state index in [1.807, 2.05) is 30.3 Å². The molecule has 1 heterocycles. The first-order chi connectivity index (χ1) is 10.1. The molecular weight excluding hydrogens is 275 g/mol. The van der Waals surface area contributed by atoms with Gasteiger partial charge in [0.05, 0.1) is 5.56 Å². The molecular formula is C17H16F3N. The van der Waals surface area contributed by atoms with E-state index in [2.05, 4.69) is 5.32 Å². The number of benzene rings is 2. The normalized spacial score (nSPS) is 22.4. The fourth-order valence-corrected chi connectivity index (χ4v) is 3.13. The van der Waals surface area contributed by atoms with Crippen LogP contribution in [0.4, 0.5) is 13.2 Å². The molecule has 4 heteroatoms. The number of rotatable bonds is 2. The standard InChI is InChI=1S/C17H16F3N/c18-17(19,20)15-9-5-4-8-13(15)14-10-11-21-16(14)12-6-2-1-3-7-12/h1-9,14,16,21H,10-11H2. The Morgan fingerprint density at radius 2 is 1.57 bits per heavy atom. The predicted molar refractivity (Wildman–Crippen MR) is 76.0 cm³/mol. The molecule has 110 valence electrons. The zero-order chi connectivity index (χ0) is 14.9. The summed E-state index contributed by atoms with van der Waals surface area (Å²) in [6, 6.07) is 15.5. The molecule has 0 aromatic heterocycles. The van der Waals surface area contributed by atoms with Gasteiger partial charge in [0, 0.05) is 12.0 Å². The van der Waals surface area contributed by atoms with Gasteiger partial charge in [-0.15, -0.1) is 0 Å². The van der Waals surface area contributed by atoms with Gasteiger partial charge in [-0.2, -0.15) is 13.2 Å². The van der Waals surface area contributed by atoms with Crippen LogP contribution >= 0.6 is 0 Å². The van der Waals surface area contributed by atoms with E-state index in [9.17, 15) is 13.2 Å². The molecule has 1 nitrogen and oxygen atoms in total. The van der Waals surface area contributed by atoms with Gasteiger partial charge in [-0.05, 0) is 30.2 Å². The van der Waals surface area contributed by atoms with Crippen molar-refractivity contribution >= 4 is 0 Å². The van der Waals surface area contributed by atoms with Gasteiger partial charge >= 0.3 is 6.18 Å². The Hall–Kier alpha value is -1.81. The number of hydrogen-bond acceptors (Lipinski definition) is 1. The molecule has 2 aromatic rings. The van der Waals surface area contributed by atoms with Crippen molar-refractivity contribution in [3.8, 4) is 0 Å². The first-order valence-electron chi connectivity index (χ1n) is 7.02. The minimum absolute atomic E-state index is 0.0605. The topological polar surface area (TPSA) is 12.0 Å². The summed E-state index contributed by atoms with van der Waals surface area (Å²) in [5.41, 5.74) is 0.917. The third kappa shape index (κ3) is 2.81. The van der Waals surface area contributed by atoms with Gasteiger partial charge in [-0.3, -0.25) is 0 Å². The summed E-state index contributed by atoms with van der Waals surface area (Å²) >= 11 is 0. The van der Waals surface area contributed by atoms with Crippen LogP contribution in [0.1, 0.15) is 35.1 Å². The Kier molecular flexibility index (Phi) is 3.72. The third-order valence-corrected chi connectivity index (χ3v) is 4.05. The van der Waals surface area contributed by atoms with Crippen LogP contribution in [0, 0.1) is 0 Å². The van der Waals surface area contributed by atoms with Crippen LogP contribution < -0.4 is 5.32 Å². The fraction of sp³-hybridized carbons (Fsp3) is 0.294. The van der Waals surface area contributed by atoms with E-state index in [0.29, 0.717) is 12.0 Å². The predicted octanol–water partition coefficient (Wildman–Crippen LogP) is 4.52. The zero-order valence-corrected chi connectivity index (χ0v) is 11.4. The second kappa shape index (κ2) is 5.53. The highest BCUT2D eigenvalue weighted by Crippen LogP contribution is 2.43. The van der Waals surface area contributed by atoms with Gasteiger partial charge in [0.15, 0.2) is 0 Å². The molecule has 2 unspecified atom stereocenters. The van der Waals surface area contributed by atoms with E-state index in [0.717, 1.165) is 12.1 Å². The Bertz CT molecular complexity index is 607. The minimum atomic E-state index is -4.31. The van der Waals surface area contributed by atoms with Crippen molar-refractivity contribution in [2.75, 3.05) is 6.54 Å². The summed E-state index contributed by atoms with van der Waals surface area (Å²) in [7, 11) is 0. The van der Waals surface area contributed by atoms with Crippen LogP contribution in [0.25, 0.3) is 0 Å². The lowest BCUT2D eigenvalue weighted by molar-refractivity contribution is -0.138. The van der Waals surface area contributed by atoms with Gasteiger partial charge < -0.3 is 5.32 Å². The molecule has 0 amide bonds. The number of hydrogen-bond donors (Lipinski definition) is 1. The lowest BCUT2D eigenvalue weighted by atomic mass is 9.85. The highest BCUT2D eigenvalue weighted by atomic mass is 19.4. The van der Waals surface area contributed by atoms with Crippen molar-refractivity contribution in [1.82, 2.24) is 5.32 Å². The van der Waals surface area contributed by atoms with Crippen molar-refractivity contribution < 1.29 is 13.2 Å². The van der Waals surface area contributed by atoms with Crippen LogP contribution in [0.2, 0.25) is 0 Å². The minimum Gasteiger partial charge on any atom is -0.309 e. The highest BCUT2D eigenvalue weighted by Gasteiger charge is 2.38. The van der Waals surface area contributed by atoms with Crippen LogP contribution in [0.5, 0.6) is 0 Å². The van der Waals surface area contributed by atoms with Crippen LogP contribution in [0.15, 0.2) is 54.6 Å². The Balaban J connectivity index is 2.00. The third-order valence-electron chi connectivity index (χ3n) is 4.05. The molecule has 2 aromatic carbocycles. The van der Waals surface area contributed by atoms with Gasteiger partial charge in [0.1, 0.15) is 0 Å². The molecule has 1 fully saturated rings.